The van der Waals surface area contributed by atoms with Crippen molar-refractivity contribution in [2.24, 2.45) is 0 Å². The Morgan fingerprint density at radius 1 is 1.37 bits per heavy atom. The van der Waals surface area contributed by atoms with Crippen LogP contribution in [0.3, 0.4) is 0 Å². The van der Waals surface area contributed by atoms with E-state index in [1.165, 1.54) is 0 Å². The molecule has 1 aromatic carbocycles. The first-order valence-corrected chi connectivity index (χ1v) is 8.02. The van der Waals surface area contributed by atoms with Gasteiger partial charge in [0, 0.05) is 18.1 Å². The fourth-order valence-electron chi connectivity index (χ4n) is 1.52. The standard InChI is InChI=1S/C12H17ClN2O3S/c1-3-14-12(16)9-15(19(2,17)18)8-10-6-4-5-7-11(10)13/h4-7H,3,8-9H2,1-2H3,(H,14,16). The zero-order valence-electron chi connectivity index (χ0n) is 10.9. The van der Waals surface area contributed by atoms with Gasteiger partial charge in [-0.3, -0.25) is 4.79 Å². The van der Waals surface area contributed by atoms with E-state index in [4.69, 9.17) is 11.6 Å². The molecule has 106 valence electrons. The summed E-state index contributed by atoms with van der Waals surface area (Å²) in [6.07, 6.45) is 1.07. The maximum atomic E-state index is 11.7. The van der Waals surface area contributed by atoms with Crippen molar-refractivity contribution in [2.75, 3.05) is 19.3 Å². The van der Waals surface area contributed by atoms with Gasteiger partial charge in [-0.25, -0.2) is 8.42 Å². The lowest BCUT2D eigenvalue weighted by atomic mass is 10.2. The van der Waals surface area contributed by atoms with E-state index < -0.39 is 10.0 Å². The zero-order valence-corrected chi connectivity index (χ0v) is 12.5. The average Bonchev–Trinajstić information content (AvgIpc) is 2.30. The maximum absolute atomic E-state index is 11.7. The predicted molar refractivity (Wildman–Crippen MR) is 75.4 cm³/mol. The molecule has 5 nitrogen and oxygen atoms in total. The molecule has 0 saturated carbocycles. The fraction of sp³-hybridized carbons (Fsp3) is 0.417. The third-order valence-corrected chi connectivity index (χ3v) is 4.03. The fourth-order valence-corrected chi connectivity index (χ4v) is 2.44. The molecule has 1 rings (SSSR count). The van der Waals surface area contributed by atoms with Crippen molar-refractivity contribution >= 4 is 27.5 Å². The molecule has 19 heavy (non-hydrogen) atoms. The second-order valence-corrected chi connectivity index (χ2v) is 6.47. The average molecular weight is 305 g/mol. The molecule has 0 spiro atoms. The van der Waals surface area contributed by atoms with Gasteiger partial charge >= 0.3 is 0 Å². The van der Waals surface area contributed by atoms with E-state index in [2.05, 4.69) is 5.32 Å². The maximum Gasteiger partial charge on any atom is 0.235 e. The summed E-state index contributed by atoms with van der Waals surface area (Å²) in [5.74, 6) is -0.333. The van der Waals surface area contributed by atoms with Crippen molar-refractivity contribution in [1.82, 2.24) is 9.62 Å². The number of carbonyl (C=O) groups is 1. The quantitative estimate of drug-likeness (QED) is 0.860. The van der Waals surface area contributed by atoms with Crippen LogP contribution in [-0.4, -0.2) is 38.0 Å². The number of carbonyl (C=O) groups excluding carboxylic acids is 1. The lowest BCUT2D eigenvalue weighted by Crippen LogP contribution is -2.39. The van der Waals surface area contributed by atoms with Gasteiger partial charge in [-0.15, -0.1) is 0 Å². The number of rotatable bonds is 6. The molecule has 1 amide bonds. The van der Waals surface area contributed by atoms with Crippen molar-refractivity contribution in [2.45, 2.75) is 13.5 Å². The lowest BCUT2D eigenvalue weighted by Gasteiger charge is -2.20. The highest BCUT2D eigenvalue weighted by Gasteiger charge is 2.20. The molecule has 0 radical (unpaired) electrons. The highest BCUT2D eigenvalue weighted by Crippen LogP contribution is 2.18. The van der Waals surface area contributed by atoms with E-state index in [-0.39, 0.29) is 19.0 Å². The van der Waals surface area contributed by atoms with E-state index in [0.717, 1.165) is 10.6 Å². The summed E-state index contributed by atoms with van der Waals surface area (Å²) >= 11 is 5.99. The molecule has 0 aromatic heterocycles. The van der Waals surface area contributed by atoms with Gasteiger partial charge in [-0.05, 0) is 18.6 Å². The van der Waals surface area contributed by atoms with Gasteiger partial charge in [0.05, 0.1) is 12.8 Å². The van der Waals surface area contributed by atoms with Crippen molar-refractivity contribution < 1.29 is 13.2 Å². The highest BCUT2D eigenvalue weighted by atomic mass is 35.5. The van der Waals surface area contributed by atoms with Crippen molar-refractivity contribution in [1.29, 1.82) is 0 Å². The molecule has 0 aliphatic carbocycles. The molecule has 7 heteroatoms. The monoisotopic (exact) mass is 304 g/mol. The number of nitrogens with zero attached hydrogens (tertiary/aromatic N) is 1. The minimum absolute atomic E-state index is 0.0790. The smallest absolute Gasteiger partial charge is 0.235 e. The molecule has 1 aromatic rings. The van der Waals surface area contributed by atoms with Crippen LogP contribution in [-0.2, 0) is 21.4 Å². The molecule has 0 saturated heterocycles. The molecular weight excluding hydrogens is 288 g/mol. The number of likely N-dealkylation sites (N-methyl/N-ethyl adjacent to an activating group) is 1. The normalized spacial score (nSPS) is 11.6. The summed E-state index contributed by atoms with van der Waals surface area (Å²) in [7, 11) is -3.48. The molecule has 0 fully saturated rings. The summed E-state index contributed by atoms with van der Waals surface area (Å²) in [6.45, 7) is 2.10. The molecule has 1 N–H and O–H groups in total. The Balaban J connectivity index is 2.88. The largest absolute Gasteiger partial charge is 0.355 e. The Kier molecular flexibility index (Phi) is 5.78. The van der Waals surface area contributed by atoms with E-state index in [1.54, 1.807) is 31.2 Å². The number of sulfonamides is 1. The minimum atomic E-state index is -3.48. The third-order valence-electron chi connectivity index (χ3n) is 2.47. The third kappa shape index (κ3) is 5.18. The van der Waals surface area contributed by atoms with Gasteiger partial charge in [0.1, 0.15) is 0 Å². The number of hydrogen-bond donors (Lipinski definition) is 1. The molecular formula is C12H17ClN2O3S. The summed E-state index contributed by atoms with van der Waals surface area (Å²) in [5.41, 5.74) is 0.666. The van der Waals surface area contributed by atoms with Gasteiger partial charge in [0.2, 0.25) is 15.9 Å². The SMILES string of the molecule is CCNC(=O)CN(Cc1ccccc1Cl)S(C)(=O)=O. The number of halogens is 1. The highest BCUT2D eigenvalue weighted by molar-refractivity contribution is 7.88. The van der Waals surface area contributed by atoms with Crippen molar-refractivity contribution in [3.63, 3.8) is 0 Å². The second kappa shape index (κ2) is 6.88. The predicted octanol–water partition coefficient (Wildman–Crippen LogP) is 1.24. The number of nitrogens with one attached hydrogen (secondary N) is 1. The summed E-state index contributed by atoms with van der Waals surface area (Å²) in [6, 6.07) is 6.95. The van der Waals surface area contributed by atoms with Crippen LogP contribution < -0.4 is 5.32 Å². The van der Waals surface area contributed by atoms with Gasteiger partial charge in [-0.1, -0.05) is 29.8 Å². The lowest BCUT2D eigenvalue weighted by molar-refractivity contribution is -0.121. The summed E-state index contributed by atoms with van der Waals surface area (Å²) < 4.78 is 24.5. The number of benzene rings is 1. The minimum Gasteiger partial charge on any atom is -0.355 e. The van der Waals surface area contributed by atoms with E-state index in [1.807, 2.05) is 0 Å². The molecule has 0 unspecified atom stereocenters. The Bertz CT molecular complexity index is 546. The number of amides is 1. The molecule has 0 heterocycles. The van der Waals surface area contributed by atoms with Crippen LogP contribution in [0.15, 0.2) is 24.3 Å². The first-order chi connectivity index (χ1) is 8.84. The summed E-state index contributed by atoms with van der Waals surface area (Å²) in [4.78, 5) is 11.5. The topological polar surface area (TPSA) is 66.5 Å². The van der Waals surface area contributed by atoms with Crippen molar-refractivity contribution in [3.8, 4) is 0 Å². The van der Waals surface area contributed by atoms with E-state index in [9.17, 15) is 13.2 Å². The van der Waals surface area contributed by atoms with Crippen LogP contribution >= 0.6 is 11.6 Å². The van der Waals surface area contributed by atoms with Crippen LogP contribution in [0.4, 0.5) is 0 Å². The Hall–Kier alpha value is -1.11. The van der Waals surface area contributed by atoms with Crippen LogP contribution in [0.1, 0.15) is 12.5 Å². The van der Waals surface area contributed by atoms with Gasteiger partial charge in [0.15, 0.2) is 0 Å². The molecule has 0 aliphatic heterocycles. The van der Waals surface area contributed by atoms with Crippen molar-refractivity contribution in [3.05, 3.63) is 34.9 Å². The first-order valence-electron chi connectivity index (χ1n) is 5.79. The van der Waals surface area contributed by atoms with Gasteiger partial charge < -0.3 is 5.32 Å². The van der Waals surface area contributed by atoms with E-state index >= 15 is 0 Å². The van der Waals surface area contributed by atoms with Crippen LogP contribution in [0.25, 0.3) is 0 Å². The second-order valence-electron chi connectivity index (χ2n) is 4.08. The molecule has 0 aliphatic rings. The molecule has 0 bridgehead atoms. The van der Waals surface area contributed by atoms with Crippen LogP contribution in [0, 0.1) is 0 Å². The Morgan fingerprint density at radius 2 is 2.00 bits per heavy atom. The Labute approximate surface area is 118 Å². The Morgan fingerprint density at radius 3 is 2.53 bits per heavy atom. The zero-order chi connectivity index (χ0) is 14.5. The van der Waals surface area contributed by atoms with E-state index in [0.29, 0.717) is 17.1 Å². The van der Waals surface area contributed by atoms with Crippen LogP contribution in [0.5, 0.6) is 0 Å². The molecule has 0 atom stereocenters. The summed E-state index contributed by atoms with van der Waals surface area (Å²) in [5, 5.41) is 3.05. The van der Waals surface area contributed by atoms with Gasteiger partial charge in [-0.2, -0.15) is 4.31 Å². The van der Waals surface area contributed by atoms with Gasteiger partial charge in [0.25, 0.3) is 0 Å². The number of hydrogen-bond acceptors (Lipinski definition) is 3. The van der Waals surface area contributed by atoms with Crippen LogP contribution in [0.2, 0.25) is 5.02 Å². The first kappa shape index (κ1) is 15.9.